The molecule has 0 bridgehead atoms. The zero-order valence-corrected chi connectivity index (χ0v) is 9.80. The van der Waals surface area contributed by atoms with Crippen LogP contribution in [0, 0.1) is 12.7 Å². The minimum absolute atomic E-state index is 0.302. The second kappa shape index (κ2) is 4.47. The van der Waals surface area contributed by atoms with Gasteiger partial charge < -0.3 is 4.74 Å². The van der Waals surface area contributed by atoms with E-state index in [1.807, 2.05) is 0 Å². The van der Waals surface area contributed by atoms with Crippen molar-refractivity contribution in [3.8, 4) is 0 Å². The highest BCUT2D eigenvalue weighted by Gasteiger charge is 2.17. The molecule has 1 aromatic rings. The summed E-state index contributed by atoms with van der Waals surface area (Å²) in [5, 5.41) is 2.46. The Hall–Kier alpha value is -1.65. The molecule has 0 aliphatic heterocycles. The van der Waals surface area contributed by atoms with Gasteiger partial charge in [-0.2, -0.15) is 0 Å². The van der Waals surface area contributed by atoms with Crippen LogP contribution in [-0.2, 0) is 4.74 Å². The van der Waals surface area contributed by atoms with E-state index in [1.54, 1.807) is 27.7 Å². The van der Waals surface area contributed by atoms with Gasteiger partial charge in [-0.25, -0.2) is 14.2 Å². The first kappa shape index (κ1) is 12.4. The minimum Gasteiger partial charge on any atom is -0.444 e. The number of aryl methyl sites for hydroxylation is 1. The Bertz CT molecular complexity index is 399. The van der Waals surface area contributed by atoms with Crippen molar-refractivity contribution in [3.05, 3.63) is 23.6 Å². The number of aromatic nitrogens is 1. The molecule has 0 fully saturated rings. The highest BCUT2D eigenvalue weighted by molar-refractivity contribution is 5.84. The van der Waals surface area contributed by atoms with Gasteiger partial charge in [-0.1, -0.05) is 0 Å². The molecule has 0 aliphatic carbocycles. The normalized spacial score (nSPS) is 11.1. The maximum atomic E-state index is 12.7. The van der Waals surface area contributed by atoms with Gasteiger partial charge in [0, 0.05) is 0 Å². The third kappa shape index (κ3) is 3.84. The number of halogens is 1. The molecule has 0 aliphatic rings. The van der Waals surface area contributed by atoms with Crippen LogP contribution in [0.3, 0.4) is 0 Å². The van der Waals surface area contributed by atoms with Crippen LogP contribution in [-0.4, -0.2) is 16.7 Å². The molecule has 0 atom stereocenters. The highest BCUT2D eigenvalue weighted by atomic mass is 19.1. The number of amides is 1. The second-order valence-electron chi connectivity index (χ2n) is 4.45. The number of anilines is 1. The number of hydrogen-bond donors (Lipinski definition) is 1. The zero-order chi connectivity index (χ0) is 12.3. The lowest BCUT2D eigenvalue weighted by molar-refractivity contribution is 0.0635. The van der Waals surface area contributed by atoms with E-state index in [2.05, 4.69) is 10.3 Å². The number of carbonyl (C=O) groups is 1. The molecule has 0 unspecified atom stereocenters. The molecule has 1 heterocycles. The summed E-state index contributed by atoms with van der Waals surface area (Å²) in [5.74, 6) is -0.136. The number of ether oxygens (including phenoxy) is 1. The molecule has 1 rings (SSSR count). The fraction of sp³-hybridized carbons (Fsp3) is 0.455. The Morgan fingerprint density at radius 1 is 1.50 bits per heavy atom. The summed E-state index contributed by atoms with van der Waals surface area (Å²) in [7, 11) is 0. The zero-order valence-electron chi connectivity index (χ0n) is 9.80. The molecule has 88 valence electrons. The molecule has 1 N–H and O–H groups in total. The molecule has 5 heteroatoms. The van der Waals surface area contributed by atoms with Crippen LogP contribution in [0.25, 0.3) is 0 Å². The first-order valence-electron chi connectivity index (χ1n) is 4.90. The van der Waals surface area contributed by atoms with Crippen molar-refractivity contribution in [1.29, 1.82) is 0 Å². The molecule has 1 aromatic heterocycles. The Labute approximate surface area is 93.8 Å². The molecule has 0 radical (unpaired) electrons. The Balaban J connectivity index is 2.70. The number of pyridine rings is 1. The first-order valence-corrected chi connectivity index (χ1v) is 4.90. The highest BCUT2D eigenvalue weighted by Crippen LogP contribution is 2.14. The Morgan fingerprint density at radius 2 is 2.12 bits per heavy atom. The standard InChI is InChI=1S/C11H15FN2O2/c1-7-5-8(12)6-13-9(7)14-10(15)16-11(2,3)4/h5-6H,1-4H3,(H,13,14,15). The van der Waals surface area contributed by atoms with Gasteiger partial charge >= 0.3 is 6.09 Å². The van der Waals surface area contributed by atoms with Gasteiger partial charge in [0.05, 0.1) is 6.20 Å². The average Bonchev–Trinajstić information content (AvgIpc) is 2.06. The predicted molar refractivity (Wildman–Crippen MR) is 58.8 cm³/mol. The van der Waals surface area contributed by atoms with Crippen molar-refractivity contribution in [2.45, 2.75) is 33.3 Å². The van der Waals surface area contributed by atoms with Crippen molar-refractivity contribution < 1.29 is 13.9 Å². The predicted octanol–water partition coefficient (Wildman–Crippen LogP) is 2.88. The van der Waals surface area contributed by atoms with Crippen molar-refractivity contribution in [1.82, 2.24) is 4.98 Å². The lowest BCUT2D eigenvalue weighted by atomic mass is 10.2. The monoisotopic (exact) mass is 226 g/mol. The number of hydrogen-bond acceptors (Lipinski definition) is 3. The number of carbonyl (C=O) groups excluding carboxylic acids is 1. The molecule has 1 amide bonds. The molecule has 4 nitrogen and oxygen atoms in total. The van der Waals surface area contributed by atoms with Gasteiger partial charge in [0.25, 0.3) is 0 Å². The third-order valence-corrected chi connectivity index (χ3v) is 1.66. The maximum absolute atomic E-state index is 12.7. The van der Waals surface area contributed by atoms with Gasteiger partial charge in [0.2, 0.25) is 0 Å². The first-order chi connectivity index (χ1) is 7.28. The van der Waals surface area contributed by atoms with E-state index in [4.69, 9.17) is 4.74 Å². The summed E-state index contributed by atoms with van der Waals surface area (Å²) in [5.41, 5.74) is -0.0243. The molecule has 16 heavy (non-hydrogen) atoms. The van der Waals surface area contributed by atoms with Crippen molar-refractivity contribution in [2.75, 3.05) is 5.32 Å². The molecular weight excluding hydrogens is 211 g/mol. The van der Waals surface area contributed by atoms with E-state index >= 15 is 0 Å². The van der Waals surface area contributed by atoms with Crippen molar-refractivity contribution in [3.63, 3.8) is 0 Å². The van der Waals surface area contributed by atoms with Crippen LogP contribution >= 0.6 is 0 Å². The van der Waals surface area contributed by atoms with E-state index < -0.39 is 17.5 Å². The lowest BCUT2D eigenvalue weighted by Crippen LogP contribution is -2.27. The maximum Gasteiger partial charge on any atom is 0.413 e. The summed E-state index contributed by atoms with van der Waals surface area (Å²) in [4.78, 5) is 15.2. The number of nitrogens with one attached hydrogen (secondary N) is 1. The van der Waals surface area contributed by atoms with Crippen LogP contribution in [0.5, 0.6) is 0 Å². The summed E-state index contributed by atoms with van der Waals surface area (Å²) in [6, 6.07) is 1.29. The molecule has 0 spiro atoms. The Kier molecular flexibility index (Phi) is 3.47. The quantitative estimate of drug-likeness (QED) is 0.801. The van der Waals surface area contributed by atoms with Crippen LogP contribution < -0.4 is 5.32 Å². The van der Waals surface area contributed by atoms with E-state index in [9.17, 15) is 9.18 Å². The SMILES string of the molecule is Cc1cc(F)cnc1NC(=O)OC(C)(C)C. The molecule has 0 aromatic carbocycles. The fourth-order valence-corrected chi connectivity index (χ4v) is 1.07. The van der Waals surface area contributed by atoms with E-state index in [0.29, 0.717) is 11.4 Å². The second-order valence-corrected chi connectivity index (χ2v) is 4.45. The van der Waals surface area contributed by atoms with E-state index in [1.165, 1.54) is 6.07 Å². The molecule has 0 saturated heterocycles. The van der Waals surface area contributed by atoms with E-state index in [-0.39, 0.29) is 0 Å². The Morgan fingerprint density at radius 3 is 2.62 bits per heavy atom. The topological polar surface area (TPSA) is 51.2 Å². The summed E-state index contributed by atoms with van der Waals surface area (Å²) in [6.07, 6.45) is 0.439. The molecule has 0 saturated carbocycles. The van der Waals surface area contributed by atoms with Crippen LogP contribution in [0.1, 0.15) is 26.3 Å². The number of nitrogens with zero attached hydrogens (tertiary/aromatic N) is 1. The van der Waals surface area contributed by atoms with Gasteiger partial charge in [-0.15, -0.1) is 0 Å². The minimum atomic E-state index is -0.602. The summed E-state index contributed by atoms with van der Waals surface area (Å²) in [6.45, 7) is 6.94. The largest absolute Gasteiger partial charge is 0.444 e. The van der Waals surface area contributed by atoms with Crippen LogP contribution in [0.4, 0.5) is 15.0 Å². The number of rotatable bonds is 1. The summed E-state index contributed by atoms with van der Waals surface area (Å²) < 4.78 is 17.8. The van der Waals surface area contributed by atoms with Gasteiger partial charge in [0.15, 0.2) is 0 Å². The van der Waals surface area contributed by atoms with E-state index in [0.717, 1.165) is 6.20 Å². The average molecular weight is 226 g/mol. The fourth-order valence-electron chi connectivity index (χ4n) is 1.07. The van der Waals surface area contributed by atoms with Crippen LogP contribution in [0.2, 0.25) is 0 Å². The summed E-state index contributed by atoms with van der Waals surface area (Å²) >= 11 is 0. The lowest BCUT2D eigenvalue weighted by Gasteiger charge is -2.19. The van der Waals surface area contributed by atoms with Gasteiger partial charge in [-0.05, 0) is 39.3 Å². The van der Waals surface area contributed by atoms with Crippen molar-refractivity contribution in [2.24, 2.45) is 0 Å². The smallest absolute Gasteiger partial charge is 0.413 e. The molecular formula is C11H15FN2O2. The third-order valence-electron chi connectivity index (χ3n) is 1.66. The van der Waals surface area contributed by atoms with Crippen molar-refractivity contribution >= 4 is 11.9 Å². The van der Waals surface area contributed by atoms with Gasteiger partial charge in [0.1, 0.15) is 17.2 Å². The van der Waals surface area contributed by atoms with Crippen LogP contribution in [0.15, 0.2) is 12.3 Å². The van der Waals surface area contributed by atoms with Gasteiger partial charge in [-0.3, -0.25) is 5.32 Å².